The highest BCUT2D eigenvalue weighted by Crippen LogP contribution is 2.58. The lowest BCUT2D eigenvalue weighted by Gasteiger charge is -2.48. The molecule has 6 fully saturated rings. The van der Waals surface area contributed by atoms with Crippen LogP contribution in [0.1, 0.15) is 63.9 Å². The Morgan fingerprint density at radius 1 is 0.891 bits per heavy atom. The molecule has 3 aliphatic carbocycles. The first-order chi connectivity index (χ1) is 26.8. The molecule has 3 unspecified atom stereocenters. The van der Waals surface area contributed by atoms with E-state index in [0.717, 1.165) is 41.5 Å². The van der Waals surface area contributed by atoms with Crippen LogP contribution in [0.4, 0.5) is 0 Å². The highest BCUT2D eigenvalue weighted by Gasteiger charge is 2.76. The van der Waals surface area contributed by atoms with Crippen LogP contribution in [0.2, 0.25) is 0 Å². The zero-order valence-electron chi connectivity index (χ0n) is 30.4. The minimum absolute atomic E-state index is 0.120. The van der Waals surface area contributed by atoms with Crippen molar-refractivity contribution in [2.75, 3.05) is 13.2 Å². The number of hydrogen-bond acceptors (Lipinski definition) is 10. The van der Waals surface area contributed by atoms with Gasteiger partial charge in [-0.2, -0.15) is 5.06 Å². The molecule has 10 rings (SSSR count). The first kappa shape index (κ1) is 35.0. The molecule has 4 aliphatic heterocycles. The summed E-state index contributed by atoms with van der Waals surface area (Å²) in [7, 11) is 0. The van der Waals surface area contributed by atoms with Gasteiger partial charge in [-0.3, -0.25) is 19.2 Å². The van der Waals surface area contributed by atoms with Crippen molar-refractivity contribution >= 4 is 23.9 Å². The van der Waals surface area contributed by atoms with Crippen molar-refractivity contribution in [3.8, 4) is 0 Å². The molecule has 2 saturated carbocycles. The standard InChI is InChI=1S/C43H45N3O9/c47-16-15-44-39(48)29-10-4-6-27(18-29)23-45-41(50)43-22-34-35-36(54-42(53-35)20-30-8-1-2-9-31(30)21-42)38(43)55-46(37(43)40(49)52-34)24-28-7-3-5-25(17-28)11-12-26-13-14-32-33(19-26)51-32/h1-12,17-18,26,32-38,47H,13-16,19-24H2,(H,44,48)(H,45,50)/t26?,32?,33?,34-,35+,36+,37+,38-,43+/m1/s1. The number of esters is 1. The van der Waals surface area contributed by atoms with Gasteiger partial charge >= 0.3 is 5.97 Å². The van der Waals surface area contributed by atoms with Gasteiger partial charge < -0.3 is 34.7 Å². The van der Waals surface area contributed by atoms with E-state index >= 15 is 0 Å². The molecule has 12 nitrogen and oxygen atoms in total. The van der Waals surface area contributed by atoms with Gasteiger partial charge in [-0.25, -0.2) is 0 Å². The smallest absolute Gasteiger partial charge is 0.327 e. The molecule has 9 atom stereocenters. The number of hydroxylamine groups is 2. The summed E-state index contributed by atoms with van der Waals surface area (Å²) in [6.45, 7) is 0.337. The molecule has 3 aromatic rings. The molecule has 3 N–H and O–H groups in total. The van der Waals surface area contributed by atoms with Crippen LogP contribution in [0.5, 0.6) is 0 Å². The number of epoxide rings is 1. The maximum Gasteiger partial charge on any atom is 0.327 e. The molecule has 3 aromatic carbocycles. The highest BCUT2D eigenvalue weighted by molar-refractivity contribution is 5.95. The fourth-order valence-electron chi connectivity index (χ4n) is 10.0. The van der Waals surface area contributed by atoms with E-state index in [4.69, 9.17) is 28.9 Å². The lowest BCUT2D eigenvalue weighted by Crippen LogP contribution is -2.69. The summed E-state index contributed by atoms with van der Waals surface area (Å²) in [6, 6.07) is 22.3. The summed E-state index contributed by atoms with van der Waals surface area (Å²) >= 11 is 0. The number of nitrogens with one attached hydrogen (secondary N) is 2. The van der Waals surface area contributed by atoms with Gasteiger partial charge in [0.05, 0.1) is 25.4 Å². The van der Waals surface area contributed by atoms with Gasteiger partial charge in [-0.1, -0.05) is 72.8 Å². The van der Waals surface area contributed by atoms with Crippen LogP contribution in [0, 0.1) is 11.3 Å². The normalized spacial score (nSPS) is 33.5. The molecule has 0 radical (unpaired) electrons. The topological polar surface area (TPSA) is 148 Å². The summed E-state index contributed by atoms with van der Waals surface area (Å²) in [6.07, 6.45) is 7.12. The molecule has 4 saturated heterocycles. The number of rotatable bonds is 10. The average molecular weight is 748 g/mol. The Morgan fingerprint density at radius 3 is 2.51 bits per heavy atom. The number of amides is 2. The van der Waals surface area contributed by atoms with Crippen molar-refractivity contribution in [3.63, 3.8) is 0 Å². The fraction of sp³-hybridized carbons (Fsp3) is 0.465. The molecular weight excluding hydrogens is 702 g/mol. The van der Waals surface area contributed by atoms with E-state index in [2.05, 4.69) is 47.1 Å². The third-order valence-electron chi connectivity index (χ3n) is 12.6. The summed E-state index contributed by atoms with van der Waals surface area (Å²) in [5, 5.41) is 16.5. The average Bonchev–Trinajstić information content (AvgIpc) is 3.54. The largest absolute Gasteiger partial charge is 0.458 e. The van der Waals surface area contributed by atoms with Gasteiger partial charge in [0.1, 0.15) is 29.8 Å². The quantitative estimate of drug-likeness (QED) is 0.208. The first-order valence-electron chi connectivity index (χ1n) is 19.6. The number of benzene rings is 3. The van der Waals surface area contributed by atoms with Crippen LogP contribution in [-0.4, -0.2) is 89.6 Å². The molecular formula is C43H45N3O9. The Hall–Kier alpha value is -4.43. The number of aliphatic hydroxyl groups excluding tert-OH is 1. The third-order valence-corrected chi connectivity index (χ3v) is 12.6. The number of fused-ring (bicyclic) bond motifs is 6. The van der Waals surface area contributed by atoms with Crippen molar-refractivity contribution in [1.82, 2.24) is 15.7 Å². The molecule has 7 aliphatic rings. The van der Waals surface area contributed by atoms with E-state index in [-0.39, 0.29) is 44.5 Å². The summed E-state index contributed by atoms with van der Waals surface area (Å²) < 4.78 is 25.6. The second kappa shape index (κ2) is 13.6. The number of carbonyl (C=O) groups excluding carboxylic acids is 3. The predicted molar refractivity (Wildman–Crippen MR) is 197 cm³/mol. The lowest BCUT2D eigenvalue weighted by molar-refractivity contribution is -0.217. The molecule has 286 valence electrons. The van der Waals surface area contributed by atoms with E-state index in [0.29, 0.717) is 42.1 Å². The molecule has 12 heteroatoms. The Bertz CT molecular complexity index is 2030. The van der Waals surface area contributed by atoms with Crippen molar-refractivity contribution in [3.05, 3.63) is 112 Å². The van der Waals surface area contributed by atoms with Crippen molar-refractivity contribution in [2.45, 2.75) is 100 Å². The van der Waals surface area contributed by atoms with Gasteiger partial charge in [0, 0.05) is 37.9 Å². The van der Waals surface area contributed by atoms with Gasteiger partial charge in [-0.15, -0.1) is 0 Å². The number of hydrogen-bond donors (Lipinski definition) is 3. The van der Waals surface area contributed by atoms with Crippen molar-refractivity contribution in [1.29, 1.82) is 0 Å². The maximum absolute atomic E-state index is 14.8. The third kappa shape index (κ3) is 6.19. The molecule has 1 spiro atoms. The van der Waals surface area contributed by atoms with Gasteiger partial charge in [-0.05, 0) is 65.1 Å². The van der Waals surface area contributed by atoms with Gasteiger partial charge in [0.15, 0.2) is 11.8 Å². The second-order valence-electron chi connectivity index (χ2n) is 16.2. The number of aliphatic hydroxyl groups is 1. The second-order valence-corrected chi connectivity index (χ2v) is 16.2. The maximum atomic E-state index is 14.8. The van der Waals surface area contributed by atoms with Crippen molar-refractivity contribution in [2.24, 2.45) is 11.3 Å². The summed E-state index contributed by atoms with van der Waals surface area (Å²) in [5.74, 6) is -1.65. The number of allylic oxidation sites excluding steroid dienone is 1. The Labute approximate surface area is 319 Å². The Balaban J connectivity index is 0.936. The summed E-state index contributed by atoms with van der Waals surface area (Å²) in [5.41, 5.74) is 4.06. The van der Waals surface area contributed by atoms with Crippen LogP contribution in [0.25, 0.3) is 6.08 Å². The summed E-state index contributed by atoms with van der Waals surface area (Å²) in [4.78, 5) is 48.4. The van der Waals surface area contributed by atoms with E-state index in [9.17, 15) is 14.4 Å². The number of ether oxygens (including phenoxy) is 4. The minimum Gasteiger partial charge on any atom is -0.458 e. The minimum atomic E-state index is -1.33. The van der Waals surface area contributed by atoms with E-state index in [1.807, 2.05) is 30.3 Å². The van der Waals surface area contributed by atoms with Crippen LogP contribution < -0.4 is 10.6 Å². The number of nitrogens with zero attached hydrogens (tertiary/aromatic N) is 1. The Morgan fingerprint density at radius 2 is 1.69 bits per heavy atom. The van der Waals surface area contributed by atoms with E-state index in [1.165, 1.54) is 0 Å². The molecule has 0 aromatic heterocycles. The van der Waals surface area contributed by atoms with Crippen LogP contribution in [-0.2, 0) is 59.3 Å². The van der Waals surface area contributed by atoms with E-state index < -0.39 is 47.6 Å². The predicted octanol–water partition coefficient (Wildman–Crippen LogP) is 3.38. The van der Waals surface area contributed by atoms with Gasteiger partial charge in [0.25, 0.3) is 5.91 Å². The molecule has 2 bridgehead atoms. The van der Waals surface area contributed by atoms with Crippen molar-refractivity contribution < 1.29 is 43.3 Å². The Kier molecular flexibility index (Phi) is 8.69. The molecule has 2 amide bonds. The van der Waals surface area contributed by atoms with Crippen LogP contribution in [0.3, 0.4) is 0 Å². The van der Waals surface area contributed by atoms with E-state index in [1.54, 1.807) is 23.3 Å². The first-order valence-corrected chi connectivity index (χ1v) is 19.6. The molecule has 4 heterocycles. The lowest BCUT2D eigenvalue weighted by atomic mass is 9.62. The fourth-order valence-corrected chi connectivity index (χ4v) is 10.0. The van der Waals surface area contributed by atoms with Crippen LogP contribution in [0.15, 0.2) is 78.9 Å². The zero-order valence-corrected chi connectivity index (χ0v) is 30.4. The monoisotopic (exact) mass is 747 g/mol. The highest BCUT2D eigenvalue weighted by atomic mass is 16.8. The number of carbonyl (C=O) groups is 3. The molecule has 55 heavy (non-hydrogen) atoms. The van der Waals surface area contributed by atoms with Gasteiger partial charge in [0.2, 0.25) is 5.91 Å². The zero-order chi connectivity index (χ0) is 37.3. The van der Waals surface area contributed by atoms with Crippen LogP contribution >= 0.6 is 0 Å². The SMILES string of the molecule is O=C(NCCO)c1cccc(CNC(=O)[C@@]23C[C@H]4OC(=O)[C@@H]2N(Cc2cccc(C=CC5CCC6OC6C5)c2)O[C@@H]3[C@H]2OC3(Cc5ccccc5C3)O[C@H]24)c1.